The molecule has 0 saturated carbocycles. The van der Waals surface area contributed by atoms with Gasteiger partial charge in [-0.15, -0.1) is 24.0 Å². The van der Waals surface area contributed by atoms with Crippen LogP contribution in [0.15, 0.2) is 17.4 Å². The second kappa shape index (κ2) is 9.77. The van der Waals surface area contributed by atoms with Gasteiger partial charge < -0.3 is 15.4 Å². The summed E-state index contributed by atoms with van der Waals surface area (Å²) in [6.45, 7) is 7.34. The predicted molar refractivity (Wildman–Crippen MR) is 102 cm³/mol. The normalized spacial score (nSPS) is 20.5. The Labute approximate surface area is 158 Å². The molecule has 1 fully saturated rings. The molecular weight excluding hydrogens is 427 g/mol. The third kappa shape index (κ3) is 6.23. The molecule has 0 aliphatic carbocycles. The van der Waals surface area contributed by atoms with Gasteiger partial charge in [0.2, 0.25) is 0 Å². The molecule has 10 heteroatoms. The molecule has 0 spiro atoms. The SMILES string of the molecule is CCNC(=NCC1(C)CCCO1)NCCn1cc([N+](=O)[O-])cn1.I. The summed E-state index contributed by atoms with van der Waals surface area (Å²) in [5.41, 5.74) is -0.179. The van der Waals surface area contributed by atoms with Crippen molar-refractivity contribution in [3.63, 3.8) is 0 Å². The van der Waals surface area contributed by atoms with Gasteiger partial charge in [-0.3, -0.25) is 19.8 Å². The van der Waals surface area contributed by atoms with E-state index in [0.717, 1.165) is 26.0 Å². The highest BCUT2D eigenvalue weighted by molar-refractivity contribution is 14.0. The fourth-order valence-corrected chi connectivity index (χ4v) is 2.41. The highest BCUT2D eigenvalue weighted by Crippen LogP contribution is 2.24. The van der Waals surface area contributed by atoms with Crippen molar-refractivity contribution in [2.75, 3.05) is 26.2 Å². The summed E-state index contributed by atoms with van der Waals surface area (Å²) in [6, 6.07) is 0. The van der Waals surface area contributed by atoms with Crippen LogP contribution in [0.5, 0.6) is 0 Å². The van der Waals surface area contributed by atoms with Gasteiger partial charge in [0.15, 0.2) is 5.96 Å². The molecule has 1 saturated heterocycles. The van der Waals surface area contributed by atoms with Gasteiger partial charge in [0.25, 0.3) is 0 Å². The first-order chi connectivity index (χ1) is 11.0. The van der Waals surface area contributed by atoms with Gasteiger partial charge in [-0.05, 0) is 26.7 Å². The molecule has 2 rings (SSSR count). The molecule has 2 heterocycles. The molecule has 1 aromatic rings. The van der Waals surface area contributed by atoms with Gasteiger partial charge in [0.05, 0.1) is 23.6 Å². The van der Waals surface area contributed by atoms with Gasteiger partial charge in [-0.25, -0.2) is 0 Å². The molecule has 1 aromatic heterocycles. The lowest BCUT2D eigenvalue weighted by molar-refractivity contribution is -0.385. The zero-order valence-corrected chi connectivity index (χ0v) is 16.4. The monoisotopic (exact) mass is 452 g/mol. The Hall–Kier alpha value is -1.43. The lowest BCUT2D eigenvalue weighted by Crippen LogP contribution is -2.40. The number of nitrogens with one attached hydrogen (secondary N) is 2. The predicted octanol–water partition coefficient (Wildman–Crippen LogP) is 1.53. The smallest absolute Gasteiger partial charge is 0.306 e. The van der Waals surface area contributed by atoms with E-state index in [9.17, 15) is 10.1 Å². The average Bonchev–Trinajstić information content (AvgIpc) is 3.15. The standard InChI is InChI=1S/C14H24N6O3.HI/c1-3-15-13(17-11-14(2)5-4-8-23-14)16-6-7-19-10-12(9-18-19)20(21)22;/h9-10H,3-8,11H2,1-2H3,(H2,15,16,17);1H. The fourth-order valence-electron chi connectivity index (χ4n) is 2.41. The molecule has 1 aliphatic rings. The maximum absolute atomic E-state index is 10.6. The van der Waals surface area contributed by atoms with E-state index >= 15 is 0 Å². The van der Waals surface area contributed by atoms with Crippen molar-refractivity contribution in [3.8, 4) is 0 Å². The number of hydrogen-bond acceptors (Lipinski definition) is 5. The Morgan fingerprint density at radius 1 is 1.58 bits per heavy atom. The van der Waals surface area contributed by atoms with Crippen molar-refractivity contribution in [1.29, 1.82) is 0 Å². The molecule has 0 bridgehead atoms. The number of ether oxygens (including phenoxy) is 1. The second-order valence-corrected chi connectivity index (χ2v) is 5.74. The lowest BCUT2D eigenvalue weighted by Gasteiger charge is -2.21. The largest absolute Gasteiger partial charge is 0.373 e. The number of halogens is 1. The summed E-state index contributed by atoms with van der Waals surface area (Å²) in [7, 11) is 0. The Kier molecular flexibility index (Phi) is 8.39. The van der Waals surface area contributed by atoms with Crippen molar-refractivity contribution >= 4 is 35.6 Å². The third-order valence-corrected chi connectivity index (χ3v) is 3.68. The number of nitrogens with zero attached hydrogens (tertiary/aromatic N) is 4. The topological polar surface area (TPSA) is 107 Å². The maximum atomic E-state index is 10.6. The van der Waals surface area contributed by atoms with Crippen LogP contribution in [0.25, 0.3) is 0 Å². The number of hydrogen-bond donors (Lipinski definition) is 2. The van der Waals surface area contributed by atoms with Gasteiger partial charge in [0.1, 0.15) is 12.4 Å². The second-order valence-electron chi connectivity index (χ2n) is 5.74. The van der Waals surface area contributed by atoms with Crippen molar-refractivity contribution in [2.45, 2.75) is 38.8 Å². The van der Waals surface area contributed by atoms with Crippen LogP contribution in [0.4, 0.5) is 5.69 Å². The van der Waals surface area contributed by atoms with E-state index < -0.39 is 4.92 Å². The van der Waals surface area contributed by atoms with E-state index in [1.165, 1.54) is 17.1 Å². The van der Waals surface area contributed by atoms with E-state index in [1.54, 1.807) is 0 Å². The van der Waals surface area contributed by atoms with Crippen molar-refractivity contribution < 1.29 is 9.66 Å². The summed E-state index contributed by atoms with van der Waals surface area (Å²) >= 11 is 0. The zero-order valence-electron chi connectivity index (χ0n) is 14.0. The third-order valence-electron chi connectivity index (χ3n) is 3.68. The number of aromatic nitrogens is 2. The Morgan fingerprint density at radius 3 is 2.96 bits per heavy atom. The average molecular weight is 452 g/mol. The number of nitro groups is 1. The van der Waals surface area contributed by atoms with Crippen molar-refractivity contribution in [3.05, 3.63) is 22.5 Å². The summed E-state index contributed by atoms with van der Waals surface area (Å²) in [5, 5.41) is 21.0. The number of aliphatic imine (C=N–C) groups is 1. The number of rotatable bonds is 7. The summed E-state index contributed by atoms with van der Waals surface area (Å²) in [6.07, 6.45) is 4.76. The summed E-state index contributed by atoms with van der Waals surface area (Å²) < 4.78 is 7.27. The van der Waals surface area contributed by atoms with E-state index in [1.807, 2.05) is 6.92 Å². The fraction of sp³-hybridized carbons (Fsp3) is 0.714. The van der Waals surface area contributed by atoms with E-state index in [2.05, 4.69) is 27.6 Å². The quantitative estimate of drug-likeness (QED) is 0.214. The first kappa shape index (κ1) is 20.6. The highest BCUT2D eigenvalue weighted by atomic mass is 127. The molecule has 0 amide bonds. The minimum Gasteiger partial charge on any atom is -0.373 e. The molecular formula is C14H25IN6O3. The van der Waals surface area contributed by atoms with Gasteiger partial charge in [-0.1, -0.05) is 0 Å². The van der Waals surface area contributed by atoms with Gasteiger partial charge >= 0.3 is 5.69 Å². The van der Waals surface area contributed by atoms with Crippen LogP contribution < -0.4 is 10.6 Å². The molecule has 0 aromatic carbocycles. The molecule has 2 N–H and O–H groups in total. The maximum Gasteiger partial charge on any atom is 0.306 e. The van der Waals surface area contributed by atoms with Crippen LogP contribution in [0.3, 0.4) is 0 Å². The van der Waals surface area contributed by atoms with Crippen LogP contribution in [-0.4, -0.2) is 52.5 Å². The number of guanidine groups is 1. The minimum atomic E-state index is -0.454. The minimum absolute atomic E-state index is 0. The molecule has 136 valence electrons. The van der Waals surface area contributed by atoms with E-state index in [-0.39, 0.29) is 35.3 Å². The molecule has 1 unspecified atom stereocenters. The van der Waals surface area contributed by atoms with Gasteiger partial charge in [-0.2, -0.15) is 5.10 Å². The summed E-state index contributed by atoms with van der Waals surface area (Å²) in [5.74, 6) is 0.714. The van der Waals surface area contributed by atoms with Crippen molar-refractivity contribution in [2.24, 2.45) is 4.99 Å². The Bertz CT molecular complexity index is 556. The van der Waals surface area contributed by atoms with E-state index in [4.69, 9.17) is 4.74 Å². The Balaban J connectivity index is 0.00000288. The lowest BCUT2D eigenvalue weighted by atomic mass is 10.0. The van der Waals surface area contributed by atoms with Crippen LogP contribution >= 0.6 is 24.0 Å². The van der Waals surface area contributed by atoms with Crippen molar-refractivity contribution in [1.82, 2.24) is 20.4 Å². The Morgan fingerprint density at radius 2 is 2.38 bits per heavy atom. The first-order valence-electron chi connectivity index (χ1n) is 7.85. The molecule has 1 aliphatic heterocycles. The first-order valence-corrected chi connectivity index (χ1v) is 7.85. The van der Waals surface area contributed by atoms with Gasteiger partial charge in [0, 0.05) is 19.7 Å². The molecule has 9 nitrogen and oxygen atoms in total. The van der Waals surface area contributed by atoms with Crippen LogP contribution in [0.2, 0.25) is 0 Å². The van der Waals surface area contributed by atoms with Crippen LogP contribution in [0, 0.1) is 10.1 Å². The summed E-state index contributed by atoms with van der Waals surface area (Å²) in [4.78, 5) is 14.7. The molecule has 24 heavy (non-hydrogen) atoms. The van der Waals surface area contributed by atoms with Crippen LogP contribution in [0.1, 0.15) is 26.7 Å². The zero-order chi connectivity index (χ0) is 16.7. The highest BCUT2D eigenvalue weighted by Gasteiger charge is 2.29. The van der Waals surface area contributed by atoms with Crippen LogP contribution in [-0.2, 0) is 11.3 Å². The molecule has 0 radical (unpaired) electrons. The van der Waals surface area contributed by atoms with E-state index in [0.29, 0.717) is 25.6 Å². The molecule has 1 atom stereocenters.